The summed E-state index contributed by atoms with van der Waals surface area (Å²) in [5, 5.41) is 2.62. The molecule has 1 amide bonds. The minimum absolute atomic E-state index is 0.0246. The van der Waals surface area contributed by atoms with Gasteiger partial charge in [0.05, 0.1) is 6.54 Å². The molecule has 3 nitrogen and oxygen atoms in total. The van der Waals surface area contributed by atoms with Gasteiger partial charge in [0.2, 0.25) is 5.91 Å². The highest BCUT2D eigenvalue weighted by Crippen LogP contribution is 2.18. The van der Waals surface area contributed by atoms with Crippen molar-refractivity contribution in [3.63, 3.8) is 0 Å². The highest BCUT2D eigenvalue weighted by molar-refractivity contribution is 6.27. The van der Waals surface area contributed by atoms with E-state index in [1.54, 1.807) is 6.08 Å². The Morgan fingerprint density at radius 1 is 1.50 bits per heavy atom. The summed E-state index contributed by atoms with van der Waals surface area (Å²) in [6.45, 7) is 4.55. The fraction of sp³-hybridized carbons (Fsp3) is 0.250. The molecule has 1 rings (SSSR count). The number of halogens is 1. The molecule has 0 unspecified atom stereocenters. The van der Waals surface area contributed by atoms with E-state index in [-0.39, 0.29) is 11.8 Å². The van der Waals surface area contributed by atoms with Gasteiger partial charge in [0, 0.05) is 5.56 Å². The molecule has 0 saturated heterocycles. The summed E-state index contributed by atoms with van der Waals surface area (Å²) in [4.78, 5) is 10.8. The van der Waals surface area contributed by atoms with Gasteiger partial charge in [-0.1, -0.05) is 30.9 Å². The lowest BCUT2D eigenvalue weighted by Gasteiger charge is -2.09. The van der Waals surface area contributed by atoms with Crippen molar-refractivity contribution in [3.05, 3.63) is 36.4 Å². The minimum Gasteiger partial charge on any atom is -0.491 e. The summed E-state index contributed by atoms with van der Waals surface area (Å²) in [7, 11) is 0. The normalized spacial score (nSPS) is 9.56. The molecule has 86 valence electrons. The number of amides is 1. The van der Waals surface area contributed by atoms with Crippen LogP contribution in [-0.4, -0.2) is 24.9 Å². The smallest absolute Gasteiger partial charge is 0.235 e. The van der Waals surface area contributed by atoms with Crippen LogP contribution in [0.5, 0.6) is 5.75 Å². The van der Waals surface area contributed by atoms with Crippen molar-refractivity contribution in [1.82, 2.24) is 5.32 Å². The summed E-state index contributed by atoms with van der Waals surface area (Å²) < 4.78 is 5.49. The van der Waals surface area contributed by atoms with E-state index in [0.717, 1.165) is 11.3 Å². The van der Waals surface area contributed by atoms with Crippen LogP contribution in [0.4, 0.5) is 0 Å². The van der Waals surface area contributed by atoms with Crippen molar-refractivity contribution in [2.45, 2.75) is 0 Å². The molecule has 0 aliphatic carbocycles. The van der Waals surface area contributed by atoms with Crippen LogP contribution in [0.3, 0.4) is 0 Å². The number of carbonyl (C=O) groups excluding carboxylic acids is 1. The van der Waals surface area contributed by atoms with E-state index in [1.807, 2.05) is 24.3 Å². The maximum atomic E-state index is 10.8. The van der Waals surface area contributed by atoms with Crippen molar-refractivity contribution < 1.29 is 9.53 Å². The summed E-state index contributed by atoms with van der Waals surface area (Å²) in [5.41, 5.74) is 0.936. The Morgan fingerprint density at radius 3 is 2.94 bits per heavy atom. The molecular weight excluding hydrogens is 226 g/mol. The largest absolute Gasteiger partial charge is 0.491 e. The number of nitrogens with one attached hydrogen (secondary N) is 1. The van der Waals surface area contributed by atoms with Gasteiger partial charge in [0.1, 0.15) is 18.2 Å². The average molecular weight is 240 g/mol. The second-order valence-electron chi connectivity index (χ2n) is 3.07. The van der Waals surface area contributed by atoms with Gasteiger partial charge in [0.25, 0.3) is 0 Å². The van der Waals surface area contributed by atoms with Crippen LogP contribution in [0.1, 0.15) is 5.56 Å². The van der Waals surface area contributed by atoms with Gasteiger partial charge in [-0.2, -0.15) is 0 Å². The van der Waals surface area contributed by atoms with Crippen molar-refractivity contribution in [2.24, 2.45) is 0 Å². The first-order valence-corrected chi connectivity index (χ1v) is 5.48. The maximum absolute atomic E-state index is 10.8. The molecule has 0 radical (unpaired) electrons. The first-order valence-electron chi connectivity index (χ1n) is 4.95. The lowest BCUT2D eigenvalue weighted by Crippen LogP contribution is -2.28. The second kappa shape index (κ2) is 6.90. The van der Waals surface area contributed by atoms with E-state index >= 15 is 0 Å². The minimum atomic E-state index is -0.192. The number of benzene rings is 1. The van der Waals surface area contributed by atoms with E-state index in [0.29, 0.717) is 13.2 Å². The molecule has 1 aromatic rings. The van der Waals surface area contributed by atoms with Gasteiger partial charge in [-0.05, 0) is 6.07 Å². The third-order valence-electron chi connectivity index (χ3n) is 1.94. The Morgan fingerprint density at radius 2 is 2.25 bits per heavy atom. The van der Waals surface area contributed by atoms with E-state index < -0.39 is 0 Å². The standard InChI is InChI=1S/C12H14ClNO2/c1-2-10-5-3-4-6-11(10)16-8-7-14-12(15)9-13/h2-6H,1,7-9H2,(H,14,15). The summed E-state index contributed by atoms with van der Waals surface area (Å²) >= 11 is 5.33. The van der Waals surface area contributed by atoms with Gasteiger partial charge >= 0.3 is 0 Å². The quantitative estimate of drug-likeness (QED) is 0.610. The van der Waals surface area contributed by atoms with E-state index in [1.165, 1.54) is 0 Å². The predicted octanol–water partition coefficient (Wildman–Crippen LogP) is 2.06. The van der Waals surface area contributed by atoms with Crippen LogP contribution < -0.4 is 10.1 Å². The predicted molar refractivity (Wildman–Crippen MR) is 65.8 cm³/mol. The van der Waals surface area contributed by atoms with Crippen molar-refractivity contribution in [1.29, 1.82) is 0 Å². The zero-order valence-electron chi connectivity index (χ0n) is 8.91. The fourth-order valence-electron chi connectivity index (χ4n) is 1.18. The van der Waals surface area contributed by atoms with Crippen LogP contribution >= 0.6 is 11.6 Å². The number of alkyl halides is 1. The molecule has 0 aromatic heterocycles. The summed E-state index contributed by atoms with van der Waals surface area (Å²) in [6.07, 6.45) is 1.73. The van der Waals surface area contributed by atoms with E-state index in [9.17, 15) is 4.79 Å². The lowest BCUT2D eigenvalue weighted by atomic mass is 10.2. The maximum Gasteiger partial charge on any atom is 0.235 e. The molecule has 16 heavy (non-hydrogen) atoms. The first kappa shape index (κ1) is 12.6. The van der Waals surface area contributed by atoms with Crippen LogP contribution in [-0.2, 0) is 4.79 Å². The molecule has 0 spiro atoms. The number of carbonyl (C=O) groups is 1. The van der Waals surface area contributed by atoms with Crippen LogP contribution in [0.15, 0.2) is 30.8 Å². The third kappa shape index (κ3) is 3.95. The highest BCUT2D eigenvalue weighted by Gasteiger charge is 2.00. The Kier molecular flexibility index (Phi) is 5.43. The van der Waals surface area contributed by atoms with Crippen molar-refractivity contribution in [3.8, 4) is 5.75 Å². The summed E-state index contributed by atoms with van der Waals surface area (Å²) in [6, 6.07) is 7.58. The van der Waals surface area contributed by atoms with Gasteiger partial charge in [-0.15, -0.1) is 11.6 Å². The average Bonchev–Trinajstić information content (AvgIpc) is 2.34. The van der Waals surface area contributed by atoms with Gasteiger partial charge in [-0.3, -0.25) is 4.79 Å². The highest BCUT2D eigenvalue weighted by atomic mass is 35.5. The number of hydrogen-bond acceptors (Lipinski definition) is 2. The zero-order valence-corrected chi connectivity index (χ0v) is 9.67. The van der Waals surface area contributed by atoms with Gasteiger partial charge in [-0.25, -0.2) is 0 Å². The Balaban J connectivity index is 2.37. The second-order valence-corrected chi connectivity index (χ2v) is 3.34. The molecule has 1 aromatic carbocycles. The van der Waals surface area contributed by atoms with E-state index in [4.69, 9.17) is 16.3 Å². The fourth-order valence-corrected chi connectivity index (χ4v) is 1.27. The van der Waals surface area contributed by atoms with Gasteiger partial charge in [0.15, 0.2) is 0 Å². The molecule has 0 fully saturated rings. The number of ether oxygens (including phenoxy) is 1. The van der Waals surface area contributed by atoms with Crippen molar-refractivity contribution >= 4 is 23.6 Å². The number of para-hydroxylation sites is 1. The first-order chi connectivity index (χ1) is 7.77. The Hall–Kier alpha value is -1.48. The van der Waals surface area contributed by atoms with Crippen molar-refractivity contribution in [2.75, 3.05) is 19.0 Å². The third-order valence-corrected chi connectivity index (χ3v) is 2.18. The molecular formula is C12H14ClNO2. The molecule has 0 heterocycles. The van der Waals surface area contributed by atoms with Crippen LogP contribution in [0.25, 0.3) is 6.08 Å². The van der Waals surface area contributed by atoms with E-state index in [2.05, 4.69) is 11.9 Å². The van der Waals surface area contributed by atoms with Crippen LogP contribution in [0, 0.1) is 0 Å². The lowest BCUT2D eigenvalue weighted by molar-refractivity contribution is -0.118. The number of rotatable bonds is 6. The monoisotopic (exact) mass is 239 g/mol. The van der Waals surface area contributed by atoms with Crippen LogP contribution in [0.2, 0.25) is 0 Å². The molecule has 1 N–H and O–H groups in total. The Bertz CT molecular complexity index is 366. The molecule has 0 bridgehead atoms. The molecule has 0 atom stereocenters. The molecule has 4 heteroatoms. The molecule has 0 saturated carbocycles. The SMILES string of the molecule is C=Cc1ccccc1OCCNC(=O)CCl. The number of hydrogen-bond donors (Lipinski definition) is 1. The van der Waals surface area contributed by atoms with Gasteiger partial charge < -0.3 is 10.1 Å². The summed E-state index contributed by atoms with van der Waals surface area (Å²) in [5.74, 6) is 0.545. The topological polar surface area (TPSA) is 38.3 Å². The zero-order chi connectivity index (χ0) is 11.8. The Labute approximate surface area is 100 Å². The molecule has 0 aliphatic heterocycles. The molecule has 0 aliphatic rings.